The number of Topliss-reactive ketones (excluding diaryl/α,β-unsaturated/α-hetero) is 1. The van der Waals surface area contributed by atoms with E-state index >= 15 is 0 Å². The predicted molar refractivity (Wildman–Crippen MR) is 141 cm³/mol. The van der Waals surface area contributed by atoms with Crippen molar-refractivity contribution in [3.63, 3.8) is 0 Å². The van der Waals surface area contributed by atoms with E-state index in [1.807, 2.05) is 40.0 Å². The standard InChI is InChI=1S/C28H47N3O7/c1-11-25(4)16-17(32)28-26(5)18(35-23(37-28)31(9)10)12-13-24(2,3)20(26)19(33)21(27(28,6)38-25)36-22(34)29-14-15-30(7)8/h11,18-21,23,33H,1,12-16H2,2-10H3,(H,29,34)/t18-,19-,20-,21-,23?,25-,26-,27+,28-/m0/s1. The van der Waals surface area contributed by atoms with Gasteiger partial charge in [-0.15, -0.1) is 6.58 Å². The van der Waals surface area contributed by atoms with E-state index in [-0.39, 0.29) is 18.3 Å². The molecule has 38 heavy (non-hydrogen) atoms. The number of hydrogen-bond donors (Lipinski definition) is 2. The first-order valence-corrected chi connectivity index (χ1v) is 13.6. The Labute approximate surface area is 227 Å². The van der Waals surface area contributed by atoms with Crippen molar-refractivity contribution in [2.24, 2.45) is 16.7 Å². The summed E-state index contributed by atoms with van der Waals surface area (Å²) in [7, 11) is 7.48. The number of aliphatic hydroxyl groups is 1. The average molecular weight is 538 g/mol. The van der Waals surface area contributed by atoms with Crippen molar-refractivity contribution in [1.29, 1.82) is 0 Å². The zero-order chi connectivity index (χ0) is 28.5. The number of carbonyl (C=O) groups excluding carboxylic acids is 2. The Morgan fingerprint density at radius 2 is 1.87 bits per heavy atom. The molecule has 2 aliphatic heterocycles. The minimum Gasteiger partial charge on any atom is -0.440 e. The molecule has 0 bridgehead atoms. The van der Waals surface area contributed by atoms with Crippen molar-refractivity contribution in [3.8, 4) is 0 Å². The highest BCUT2D eigenvalue weighted by molar-refractivity contribution is 5.93. The van der Waals surface area contributed by atoms with Crippen LogP contribution in [0.25, 0.3) is 0 Å². The second kappa shape index (κ2) is 9.52. The number of nitrogens with zero attached hydrogens (tertiary/aromatic N) is 2. The Balaban J connectivity index is 1.91. The summed E-state index contributed by atoms with van der Waals surface area (Å²) in [6.45, 7) is 14.6. The summed E-state index contributed by atoms with van der Waals surface area (Å²) in [5.41, 5.74) is -5.51. The highest BCUT2D eigenvalue weighted by atomic mass is 16.7. The van der Waals surface area contributed by atoms with Gasteiger partial charge in [0.2, 0.25) is 6.41 Å². The van der Waals surface area contributed by atoms with E-state index < -0.39 is 58.3 Å². The van der Waals surface area contributed by atoms with Crippen LogP contribution in [0.5, 0.6) is 0 Å². The van der Waals surface area contributed by atoms with E-state index in [1.54, 1.807) is 24.8 Å². The normalized spacial score (nSPS) is 45.8. The number of aliphatic hydroxyl groups excluding tert-OH is 1. The molecule has 2 aliphatic carbocycles. The van der Waals surface area contributed by atoms with Crippen molar-refractivity contribution in [2.45, 2.75) is 95.4 Å². The number of rotatable bonds is 6. The number of likely N-dealkylation sites (N-methyl/N-ethyl adjacent to an activating group) is 1. The molecule has 0 aromatic heterocycles. The lowest BCUT2D eigenvalue weighted by molar-refractivity contribution is -0.456. The number of amides is 1. The van der Waals surface area contributed by atoms with Crippen LogP contribution in [-0.4, -0.2) is 110 Å². The molecule has 1 spiro atoms. The van der Waals surface area contributed by atoms with Gasteiger partial charge in [-0.1, -0.05) is 26.8 Å². The lowest BCUT2D eigenvalue weighted by Gasteiger charge is -2.74. The third-order valence-electron chi connectivity index (χ3n) is 9.68. The van der Waals surface area contributed by atoms with Gasteiger partial charge >= 0.3 is 6.09 Å². The van der Waals surface area contributed by atoms with Crippen LogP contribution in [0, 0.1) is 16.7 Å². The largest absolute Gasteiger partial charge is 0.440 e. The van der Waals surface area contributed by atoms with Crippen molar-refractivity contribution in [2.75, 3.05) is 41.3 Å². The third kappa shape index (κ3) is 4.06. The zero-order valence-electron chi connectivity index (χ0n) is 24.5. The number of carbonyl (C=O) groups is 2. The summed E-state index contributed by atoms with van der Waals surface area (Å²) in [6.07, 6.45) is -1.11. The first-order chi connectivity index (χ1) is 17.5. The van der Waals surface area contributed by atoms with Gasteiger partial charge in [0.05, 0.1) is 17.8 Å². The fourth-order valence-corrected chi connectivity index (χ4v) is 8.04. The van der Waals surface area contributed by atoms with E-state index in [1.165, 1.54) is 0 Å². The summed E-state index contributed by atoms with van der Waals surface area (Å²) in [5, 5.41) is 14.9. The number of nitrogens with one attached hydrogen (secondary N) is 1. The van der Waals surface area contributed by atoms with Crippen molar-refractivity contribution >= 4 is 11.9 Å². The number of hydrogen-bond acceptors (Lipinski definition) is 9. The maximum Gasteiger partial charge on any atom is 0.407 e. The Hall–Kier alpha value is -1.56. The van der Waals surface area contributed by atoms with Crippen molar-refractivity contribution in [1.82, 2.24) is 15.1 Å². The lowest BCUT2D eigenvalue weighted by Crippen LogP contribution is -2.89. The van der Waals surface area contributed by atoms with Gasteiger partial charge in [0, 0.05) is 30.8 Å². The van der Waals surface area contributed by atoms with Gasteiger partial charge in [-0.25, -0.2) is 4.79 Å². The quantitative estimate of drug-likeness (QED) is 0.493. The summed E-state index contributed by atoms with van der Waals surface area (Å²) < 4.78 is 26.1. The van der Waals surface area contributed by atoms with Gasteiger partial charge in [0.1, 0.15) is 5.60 Å². The van der Waals surface area contributed by atoms with Gasteiger partial charge in [0.25, 0.3) is 0 Å². The van der Waals surface area contributed by atoms with E-state index in [2.05, 4.69) is 25.7 Å². The predicted octanol–water partition coefficient (Wildman–Crippen LogP) is 2.15. The maximum absolute atomic E-state index is 14.6. The topological polar surface area (TPSA) is 110 Å². The molecule has 0 radical (unpaired) electrons. The minimum atomic E-state index is -1.56. The third-order valence-corrected chi connectivity index (χ3v) is 9.68. The molecular weight excluding hydrogens is 490 g/mol. The van der Waals surface area contributed by atoms with Crippen LogP contribution in [0.2, 0.25) is 0 Å². The second-order valence-electron chi connectivity index (χ2n) is 13.4. The molecule has 0 aromatic rings. The van der Waals surface area contributed by atoms with E-state index in [0.29, 0.717) is 19.5 Å². The molecule has 4 rings (SSSR count). The Bertz CT molecular complexity index is 972. The van der Waals surface area contributed by atoms with Gasteiger partial charge < -0.3 is 34.3 Å². The molecule has 0 aromatic carbocycles. The van der Waals surface area contributed by atoms with Gasteiger partial charge in [-0.3, -0.25) is 9.69 Å². The zero-order valence-corrected chi connectivity index (χ0v) is 24.5. The van der Waals surface area contributed by atoms with E-state index in [4.69, 9.17) is 18.9 Å². The Morgan fingerprint density at radius 3 is 2.45 bits per heavy atom. The monoisotopic (exact) mass is 537 g/mol. The number of ether oxygens (including phenoxy) is 4. The molecular formula is C28H47N3O7. The molecule has 2 saturated heterocycles. The van der Waals surface area contributed by atoms with Crippen LogP contribution in [0.15, 0.2) is 12.7 Å². The smallest absolute Gasteiger partial charge is 0.407 e. The molecule has 10 nitrogen and oxygen atoms in total. The fraction of sp³-hybridized carbons (Fsp3) is 0.857. The maximum atomic E-state index is 14.6. The molecule has 1 amide bonds. The molecule has 9 atom stereocenters. The van der Waals surface area contributed by atoms with Crippen LogP contribution >= 0.6 is 0 Å². The lowest BCUT2D eigenvalue weighted by atomic mass is 9.39. The van der Waals surface area contributed by atoms with Gasteiger partial charge in [0.15, 0.2) is 17.5 Å². The molecule has 2 saturated carbocycles. The average Bonchev–Trinajstić information content (AvgIpc) is 2.79. The molecule has 1 unspecified atom stereocenters. The first kappa shape index (κ1) is 29.4. The molecule has 10 heteroatoms. The highest BCUT2D eigenvalue weighted by Crippen LogP contribution is 2.70. The molecule has 216 valence electrons. The number of alkyl carbamates (subject to hydrolysis) is 1. The highest BCUT2D eigenvalue weighted by Gasteiger charge is 2.84. The minimum absolute atomic E-state index is 0.0412. The Morgan fingerprint density at radius 1 is 1.21 bits per heavy atom. The summed E-state index contributed by atoms with van der Waals surface area (Å²) in [5.74, 6) is -0.641. The SMILES string of the molecule is C=C[C@@]1(C)CC(=O)[C@@]23OC(N(C)C)O[C@H]4CCC(C)(C)[C@H]([C@H](O)[C@H](OC(=O)NCCN(C)C)[C@@]2(C)O1)[C@]43C. The molecule has 2 N–H and O–H groups in total. The Kier molecular flexibility index (Phi) is 7.37. The van der Waals surface area contributed by atoms with Gasteiger partial charge in [-0.2, -0.15) is 0 Å². The molecule has 4 fully saturated rings. The van der Waals surface area contributed by atoms with Crippen LogP contribution in [0.3, 0.4) is 0 Å². The first-order valence-electron chi connectivity index (χ1n) is 13.6. The summed E-state index contributed by atoms with van der Waals surface area (Å²) in [6, 6.07) is 0. The van der Waals surface area contributed by atoms with Crippen LogP contribution in [0.4, 0.5) is 4.79 Å². The number of ketones is 1. The fourth-order valence-electron chi connectivity index (χ4n) is 8.04. The van der Waals surface area contributed by atoms with Crippen LogP contribution in [-0.2, 0) is 23.7 Å². The summed E-state index contributed by atoms with van der Waals surface area (Å²) >= 11 is 0. The van der Waals surface area contributed by atoms with E-state index in [0.717, 1.165) is 6.42 Å². The van der Waals surface area contributed by atoms with Gasteiger partial charge in [-0.05, 0) is 60.3 Å². The van der Waals surface area contributed by atoms with E-state index in [9.17, 15) is 14.7 Å². The molecule has 2 heterocycles. The molecule has 4 aliphatic rings. The van der Waals surface area contributed by atoms with Crippen LogP contribution < -0.4 is 5.32 Å². The van der Waals surface area contributed by atoms with Crippen molar-refractivity contribution < 1.29 is 33.6 Å². The summed E-state index contributed by atoms with van der Waals surface area (Å²) in [4.78, 5) is 31.4. The second-order valence-corrected chi connectivity index (χ2v) is 13.4. The van der Waals surface area contributed by atoms with Crippen molar-refractivity contribution in [3.05, 3.63) is 12.7 Å². The van der Waals surface area contributed by atoms with Crippen LogP contribution in [0.1, 0.15) is 53.9 Å².